The summed E-state index contributed by atoms with van der Waals surface area (Å²) in [6.45, 7) is 5.67. The largest absolute Gasteiger partial charge is 0.466 e. The lowest BCUT2D eigenvalue weighted by Gasteiger charge is -2.12. The number of carbonyl (C=O) groups is 3. The number of aliphatic imine (C=N–C) groups is 1. The molecule has 0 bridgehead atoms. The SMILES string of the molecule is C=CCN1C(=O)/C(=C\C(=O)OC)S/C1=N\c1nc[nH]c1C(=O)OCC. The molecule has 0 aliphatic carbocycles. The van der Waals surface area contributed by atoms with Gasteiger partial charge in [0.05, 0.1) is 24.9 Å². The van der Waals surface area contributed by atoms with Crippen molar-refractivity contribution >= 4 is 40.6 Å². The average molecular weight is 364 g/mol. The van der Waals surface area contributed by atoms with Crippen LogP contribution in [0, 0.1) is 0 Å². The van der Waals surface area contributed by atoms with Crippen molar-refractivity contribution in [3.63, 3.8) is 0 Å². The fourth-order valence-electron chi connectivity index (χ4n) is 1.86. The fourth-order valence-corrected chi connectivity index (χ4v) is 2.81. The predicted octanol–water partition coefficient (Wildman–Crippen LogP) is 1.39. The number of rotatable bonds is 6. The number of thioether (sulfide) groups is 1. The van der Waals surface area contributed by atoms with Crippen molar-refractivity contribution in [3.8, 4) is 0 Å². The van der Waals surface area contributed by atoms with Crippen molar-refractivity contribution in [1.82, 2.24) is 14.9 Å². The average Bonchev–Trinajstić information content (AvgIpc) is 3.16. The lowest BCUT2D eigenvalue weighted by atomic mass is 10.4. The number of nitrogens with zero attached hydrogens (tertiary/aromatic N) is 3. The Morgan fingerprint density at radius 2 is 2.28 bits per heavy atom. The molecule has 1 aliphatic heterocycles. The Morgan fingerprint density at radius 3 is 2.92 bits per heavy atom. The number of amidine groups is 1. The van der Waals surface area contributed by atoms with Crippen LogP contribution in [0.25, 0.3) is 0 Å². The summed E-state index contributed by atoms with van der Waals surface area (Å²) in [7, 11) is 1.22. The Bertz CT molecular complexity index is 768. The fraction of sp³-hybridized carbons (Fsp3) is 0.267. The van der Waals surface area contributed by atoms with E-state index in [0.717, 1.165) is 17.8 Å². The Morgan fingerprint density at radius 1 is 1.52 bits per heavy atom. The zero-order chi connectivity index (χ0) is 18.4. The first-order chi connectivity index (χ1) is 12.0. The predicted molar refractivity (Wildman–Crippen MR) is 91.2 cm³/mol. The van der Waals surface area contributed by atoms with Crippen molar-refractivity contribution in [1.29, 1.82) is 0 Å². The first-order valence-electron chi connectivity index (χ1n) is 7.21. The molecule has 0 atom stereocenters. The van der Waals surface area contributed by atoms with Gasteiger partial charge >= 0.3 is 11.9 Å². The van der Waals surface area contributed by atoms with Crippen LogP contribution in [0.4, 0.5) is 5.82 Å². The highest BCUT2D eigenvalue weighted by molar-refractivity contribution is 8.18. The molecule has 0 radical (unpaired) electrons. The number of aromatic amines is 1. The molecule has 1 fully saturated rings. The number of carbonyl (C=O) groups excluding carboxylic acids is 3. The number of H-pyrrole nitrogens is 1. The summed E-state index contributed by atoms with van der Waals surface area (Å²) < 4.78 is 9.46. The van der Waals surface area contributed by atoms with Crippen molar-refractivity contribution in [3.05, 3.63) is 35.7 Å². The van der Waals surface area contributed by atoms with Crippen molar-refractivity contribution in [2.75, 3.05) is 20.3 Å². The highest BCUT2D eigenvalue weighted by Gasteiger charge is 2.34. The third-order valence-corrected chi connectivity index (χ3v) is 3.96. The maximum Gasteiger partial charge on any atom is 0.358 e. The number of ether oxygens (including phenoxy) is 2. The van der Waals surface area contributed by atoms with Gasteiger partial charge < -0.3 is 14.5 Å². The monoisotopic (exact) mass is 364 g/mol. The summed E-state index contributed by atoms with van der Waals surface area (Å²) in [5.41, 5.74) is 0.0753. The Balaban J connectivity index is 2.38. The Labute approximate surface area is 147 Å². The van der Waals surface area contributed by atoms with E-state index in [1.54, 1.807) is 6.92 Å². The van der Waals surface area contributed by atoms with Gasteiger partial charge in [-0.25, -0.2) is 19.6 Å². The molecule has 2 heterocycles. The molecule has 2 rings (SSSR count). The summed E-state index contributed by atoms with van der Waals surface area (Å²) in [5.74, 6) is -1.58. The number of nitrogens with one attached hydrogen (secondary N) is 1. The number of hydrogen-bond acceptors (Lipinski definition) is 8. The van der Waals surface area contributed by atoms with Gasteiger partial charge in [0.2, 0.25) is 0 Å². The van der Waals surface area contributed by atoms with Crippen LogP contribution in [0.1, 0.15) is 17.4 Å². The highest BCUT2D eigenvalue weighted by atomic mass is 32.2. The number of esters is 2. The third kappa shape index (κ3) is 4.15. The lowest BCUT2D eigenvalue weighted by molar-refractivity contribution is -0.135. The third-order valence-electron chi connectivity index (χ3n) is 2.95. The van der Waals surface area contributed by atoms with E-state index >= 15 is 0 Å². The van der Waals surface area contributed by atoms with Gasteiger partial charge in [-0.2, -0.15) is 0 Å². The summed E-state index contributed by atoms with van der Waals surface area (Å²) in [4.78, 5) is 48.0. The van der Waals surface area contributed by atoms with Crippen LogP contribution in [0.2, 0.25) is 0 Å². The first-order valence-corrected chi connectivity index (χ1v) is 8.02. The number of amides is 1. The van der Waals surface area contributed by atoms with Crippen LogP contribution in [0.5, 0.6) is 0 Å². The van der Waals surface area contributed by atoms with Crippen molar-refractivity contribution in [2.24, 2.45) is 4.99 Å². The van der Waals surface area contributed by atoms with Gasteiger partial charge in [0.25, 0.3) is 5.91 Å². The molecule has 25 heavy (non-hydrogen) atoms. The van der Waals surface area contributed by atoms with Gasteiger partial charge in [-0.15, -0.1) is 6.58 Å². The van der Waals surface area contributed by atoms with E-state index in [1.165, 1.54) is 24.4 Å². The lowest BCUT2D eigenvalue weighted by Crippen LogP contribution is -2.29. The summed E-state index contributed by atoms with van der Waals surface area (Å²) >= 11 is 0.975. The van der Waals surface area contributed by atoms with Crippen LogP contribution in [-0.4, -0.2) is 58.1 Å². The summed E-state index contributed by atoms with van der Waals surface area (Å²) in [6.07, 6.45) is 3.91. The second-order valence-corrected chi connectivity index (χ2v) is 5.56. The molecule has 0 saturated carbocycles. The van der Waals surface area contributed by atoms with Crippen LogP contribution in [0.3, 0.4) is 0 Å². The molecule has 1 aromatic heterocycles. The van der Waals surface area contributed by atoms with E-state index in [0.29, 0.717) is 0 Å². The zero-order valence-corrected chi connectivity index (χ0v) is 14.5. The van der Waals surface area contributed by atoms with Gasteiger partial charge in [-0.05, 0) is 18.7 Å². The molecule has 0 unspecified atom stereocenters. The van der Waals surface area contributed by atoms with E-state index in [9.17, 15) is 14.4 Å². The molecule has 0 spiro atoms. The normalized spacial score (nSPS) is 17.2. The molecule has 10 heteroatoms. The van der Waals surface area contributed by atoms with E-state index in [-0.39, 0.29) is 34.7 Å². The molecule has 1 N–H and O–H groups in total. The van der Waals surface area contributed by atoms with Gasteiger partial charge in [-0.1, -0.05) is 6.08 Å². The maximum atomic E-state index is 12.4. The van der Waals surface area contributed by atoms with Gasteiger partial charge in [0.15, 0.2) is 16.7 Å². The van der Waals surface area contributed by atoms with Crippen molar-refractivity contribution < 1.29 is 23.9 Å². The Hall–Kier alpha value is -2.88. The molecular weight excluding hydrogens is 348 g/mol. The summed E-state index contributed by atoms with van der Waals surface area (Å²) in [6, 6.07) is 0. The molecule has 132 valence electrons. The second-order valence-electron chi connectivity index (χ2n) is 4.55. The molecule has 9 nitrogen and oxygen atoms in total. The highest BCUT2D eigenvalue weighted by Crippen LogP contribution is 2.32. The van der Waals surface area contributed by atoms with Gasteiger partial charge in [0.1, 0.15) is 0 Å². The molecule has 1 saturated heterocycles. The number of hydrogen-bond donors (Lipinski definition) is 1. The van der Waals surface area contributed by atoms with E-state index < -0.39 is 17.8 Å². The van der Waals surface area contributed by atoms with Crippen LogP contribution < -0.4 is 0 Å². The molecule has 1 aromatic rings. The maximum absolute atomic E-state index is 12.4. The first kappa shape index (κ1) is 18.5. The van der Waals surface area contributed by atoms with Crippen LogP contribution in [0.15, 0.2) is 35.0 Å². The van der Waals surface area contributed by atoms with E-state index in [4.69, 9.17) is 4.74 Å². The number of methoxy groups -OCH3 is 1. The zero-order valence-electron chi connectivity index (χ0n) is 13.6. The molecule has 1 aliphatic rings. The Kier molecular flexibility index (Phi) is 6.12. The summed E-state index contributed by atoms with van der Waals surface area (Å²) in [5, 5.41) is 0.262. The molecular formula is C15H16N4O5S. The van der Waals surface area contributed by atoms with Crippen molar-refractivity contribution in [2.45, 2.75) is 6.92 Å². The standard InChI is InChI=1S/C15H16N4O5S/c1-4-6-19-13(21)9(7-10(20)23-3)25-15(19)18-12-11(16-8-17-12)14(22)24-5-2/h4,7-8H,1,5-6H2,2-3H3,(H,16,17)/b9-7+,18-15-. The van der Waals surface area contributed by atoms with E-state index in [1.807, 2.05) is 0 Å². The minimum absolute atomic E-state index is 0.0753. The quantitative estimate of drug-likeness (QED) is 0.461. The van der Waals surface area contributed by atoms with Gasteiger partial charge in [0, 0.05) is 12.6 Å². The van der Waals surface area contributed by atoms with Gasteiger partial charge in [-0.3, -0.25) is 9.69 Å². The minimum Gasteiger partial charge on any atom is -0.466 e. The number of imidazole rings is 1. The molecule has 0 aromatic carbocycles. The minimum atomic E-state index is -0.650. The second kappa shape index (κ2) is 8.29. The van der Waals surface area contributed by atoms with Crippen LogP contribution >= 0.6 is 11.8 Å². The van der Waals surface area contributed by atoms with Crippen LogP contribution in [-0.2, 0) is 19.1 Å². The number of aromatic nitrogens is 2. The van der Waals surface area contributed by atoms with E-state index in [2.05, 4.69) is 26.3 Å². The molecule has 1 amide bonds. The smallest absolute Gasteiger partial charge is 0.358 e. The topological polar surface area (TPSA) is 114 Å².